The predicted octanol–water partition coefficient (Wildman–Crippen LogP) is 2.52. The molecule has 3 N–H and O–H groups in total. The van der Waals surface area contributed by atoms with Crippen molar-refractivity contribution in [2.75, 3.05) is 11.1 Å². The maximum atomic E-state index is 11.9. The molecule has 0 saturated heterocycles. The van der Waals surface area contributed by atoms with Crippen molar-refractivity contribution in [2.24, 2.45) is 0 Å². The highest BCUT2D eigenvalue weighted by atomic mass is 79.9. The number of amides is 1. The Labute approximate surface area is 128 Å². The van der Waals surface area contributed by atoms with Gasteiger partial charge in [-0.25, -0.2) is 0 Å². The van der Waals surface area contributed by atoms with Gasteiger partial charge in [0.1, 0.15) is 0 Å². The van der Waals surface area contributed by atoms with Crippen LogP contribution in [0.25, 0.3) is 0 Å². The molecule has 0 atom stereocenters. The van der Waals surface area contributed by atoms with Crippen LogP contribution >= 0.6 is 15.9 Å². The number of halogens is 1. The number of nitro groups is 1. The van der Waals surface area contributed by atoms with Crippen molar-refractivity contribution in [1.29, 1.82) is 0 Å². The number of pyridine rings is 1. The Kier molecular flexibility index (Phi) is 4.49. The molecule has 1 heterocycles. The molecule has 2 rings (SSSR count). The minimum absolute atomic E-state index is 0.0510. The van der Waals surface area contributed by atoms with Crippen molar-refractivity contribution >= 4 is 38.9 Å². The maximum Gasteiger partial charge on any atom is 0.271 e. The fraction of sp³-hybridized carbons (Fsp3) is 0.0769. The Morgan fingerprint density at radius 3 is 2.76 bits per heavy atom. The highest BCUT2D eigenvalue weighted by Gasteiger charge is 2.12. The first-order valence-electron chi connectivity index (χ1n) is 5.90. The lowest BCUT2D eigenvalue weighted by molar-refractivity contribution is -0.384. The Morgan fingerprint density at radius 1 is 1.38 bits per heavy atom. The third-order valence-corrected chi connectivity index (χ3v) is 3.32. The number of nitro benzene ring substituents is 1. The summed E-state index contributed by atoms with van der Waals surface area (Å²) in [6.07, 6.45) is 1.52. The number of benzene rings is 1. The molecule has 1 amide bonds. The summed E-state index contributed by atoms with van der Waals surface area (Å²) in [6.45, 7) is 0. The van der Waals surface area contributed by atoms with Gasteiger partial charge >= 0.3 is 0 Å². The molecule has 0 spiro atoms. The van der Waals surface area contributed by atoms with E-state index in [2.05, 4.69) is 26.2 Å². The van der Waals surface area contributed by atoms with Crippen molar-refractivity contribution in [1.82, 2.24) is 4.98 Å². The van der Waals surface area contributed by atoms with E-state index in [1.54, 1.807) is 12.1 Å². The van der Waals surface area contributed by atoms with Crippen LogP contribution in [0.3, 0.4) is 0 Å². The Balaban J connectivity index is 2.10. The number of nitrogen functional groups attached to an aromatic ring is 1. The van der Waals surface area contributed by atoms with E-state index >= 15 is 0 Å². The molecule has 7 nitrogen and oxygen atoms in total. The lowest BCUT2D eigenvalue weighted by atomic mass is 10.2. The normalized spacial score (nSPS) is 10.1. The Bertz CT molecular complexity index is 688. The van der Waals surface area contributed by atoms with Crippen LogP contribution in [0, 0.1) is 10.1 Å². The zero-order chi connectivity index (χ0) is 15.4. The molecule has 0 saturated carbocycles. The van der Waals surface area contributed by atoms with Crippen LogP contribution in [-0.2, 0) is 11.2 Å². The molecule has 0 fully saturated rings. The van der Waals surface area contributed by atoms with Crippen LogP contribution in [0.15, 0.2) is 41.0 Å². The van der Waals surface area contributed by atoms with Crippen molar-refractivity contribution in [3.8, 4) is 0 Å². The monoisotopic (exact) mass is 350 g/mol. The van der Waals surface area contributed by atoms with Crippen molar-refractivity contribution < 1.29 is 9.72 Å². The van der Waals surface area contributed by atoms with E-state index in [1.165, 1.54) is 24.4 Å². The fourth-order valence-corrected chi connectivity index (χ4v) is 1.97. The zero-order valence-corrected chi connectivity index (χ0v) is 12.3. The fourth-order valence-electron chi connectivity index (χ4n) is 1.62. The Morgan fingerprint density at radius 2 is 2.14 bits per heavy atom. The third kappa shape index (κ3) is 3.99. The van der Waals surface area contributed by atoms with Crippen LogP contribution in [0.4, 0.5) is 17.1 Å². The summed E-state index contributed by atoms with van der Waals surface area (Å²) in [5, 5.41) is 13.3. The van der Waals surface area contributed by atoms with E-state index in [0.717, 1.165) is 0 Å². The summed E-state index contributed by atoms with van der Waals surface area (Å²) in [5.74, 6) is -0.325. The summed E-state index contributed by atoms with van der Waals surface area (Å²) in [5.41, 5.74) is 6.83. The van der Waals surface area contributed by atoms with Crippen molar-refractivity contribution in [3.05, 3.63) is 56.8 Å². The molecule has 1 aromatic carbocycles. The average Bonchev–Trinajstić information content (AvgIpc) is 2.43. The highest BCUT2D eigenvalue weighted by molar-refractivity contribution is 9.10. The number of nitrogens with zero attached hydrogens (tertiary/aromatic N) is 2. The van der Waals surface area contributed by atoms with Gasteiger partial charge in [0.15, 0.2) is 0 Å². The second-order valence-corrected chi connectivity index (χ2v) is 5.08. The molecule has 8 heteroatoms. The highest BCUT2D eigenvalue weighted by Crippen LogP contribution is 2.27. The molecule has 1 aromatic heterocycles. The lowest BCUT2D eigenvalue weighted by Gasteiger charge is -2.07. The topological polar surface area (TPSA) is 111 Å². The first-order chi connectivity index (χ1) is 9.95. The van der Waals surface area contributed by atoms with Gasteiger partial charge in [-0.3, -0.25) is 19.9 Å². The number of rotatable bonds is 4. The van der Waals surface area contributed by atoms with Crippen molar-refractivity contribution in [3.63, 3.8) is 0 Å². The quantitative estimate of drug-likeness (QED) is 0.649. The number of nitrogens with two attached hydrogens (primary N) is 1. The van der Waals surface area contributed by atoms with Gasteiger partial charge in [0.05, 0.1) is 28.9 Å². The standard InChI is InChI=1S/C13H11BrN4O3/c14-11-4-3-10(18(20)21)6-12(11)17-13(19)5-9-2-1-8(15)7-16-9/h1-4,6-7H,5,15H2,(H,17,19). The van der Waals surface area contributed by atoms with E-state index in [0.29, 0.717) is 21.5 Å². The molecule has 0 bridgehead atoms. The van der Waals surface area contributed by atoms with Crippen LogP contribution in [0.2, 0.25) is 0 Å². The molecule has 0 radical (unpaired) electrons. The number of carbonyl (C=O) groups excluding carboxylic acids is 1. The number of hydrogen-bond donors (Lipinski definition) is 2. The van der Waals surface area contributed by atoms with E-state index in [1.807, 2.05) is 0 Å². The number of non-ortho nitro benzene ring substituents is 1. The number of nitrogens with one attached hydrogen (secondary N) is 1. The maximum absolute atomic E-state index is 11.9. The molecular formula is C13H11BrN4O3. The second kappa shape index (κ2) is 6.31. The van der Waals surface area contributed by atoms with Gasteiger partial charge < -0.3 is 11.1 Å². The van der Waals surface area contributed by atoms with E-state index < -0.39 is 4.92 Å². The van der Waals surface area contributed by atoms with Crippen molar-refractivity contribution in [2.45, 2.75) is 6.42 Å². The smallest absolute Gasteiger partial charge is 0.271 e. The van der Waals surface area contributed by atoms with E-state index in [4.69, 9.17) is 5.73 Å². The first-order valence-corrected chi connectivity index (χ1v) is 6.69. The molecule has 0 aliphatic carbocycles. The summed E-state index contributed by atoms with van der Waals surface area (Å²) in [7, 11) is 0. The molecule has 2 aromatic rings. The largest absolute Gasteiger partial charge is 0.397 e. The summed E-state index contributed by atoms with van der Waals surface area (Å²) in [6, 6.07) is 7.45. The SMILES string of the molecule is Nc1ccc(CC(=O)Nc2cc([N+](=O)[O-])ccc2Br)nc1. The number of aromatic nitrogens is 1. The minimum Gasteiger partial charge on any atom is -0.397 e. The number of hydrogen-bond acceptors (Lipinski definition) is 5. The number of anilines is 2. The third-order valence-electron chi connectivity index (χ3n) is 2.62. The van der Waals surface area contributed by atoms with Gasteiger partial charge in [-0.1, -0.05) is 0 Å². The summed E-state index contributed by atoms with van der Waals surface area (Å²) >= 11 is 3.23. The molecule has 21 heavy (non-hydrogen) atoms. The average molecular weight is 351 g/mol. The minimum atomic E-state index is -0.524. The summed E-state index contributed by atoms with van der Waals surface area (Å²) in [4.78, 5) is 26.2. The second-order valence-electron chi connectivity index (χ2n) is 4.23. The van der Waals surface area contributed by atoms with Gasteiger partial charge in [0, 0.05) is 22.3 Å². The van der Waals surface area contributed by atoms with E-state index in [-0.39, 0.29) is 18.0 Å². The van der Waals surface area contributed by atoms with Gasteiger partial charge in [0.25, 0.3) is 5.69 Å². The summed E-state index contributed by atoms with van der Waals surface area (Å²) < 4.78 is 0.562. The zero-order valence-electron chi connectivity index (χ0n) is 10.7. The molecule has 0 unspecified atom stereocenters. The van der Waals surface area contributed by atoms with Crippen LogP contribution in [-0.4, -0.2) is 15.8 Å². The first kappa shape index (κ1) is 14.9. The van der Waals surface area contributed by atoms with Gasteiger partial charge in [-0.05, 0) is 34.1 Å². The Hall–Kier alpha value is -2.48. The molecule has 0 aliphatic rings. The van der Waals surface area contributed by atoms with Crippen LogP contribution in [0.1, 0.15) is 5.69 Å². The van der Waals surface area contributed by atoms with Gasteiger partial charge in [-0.15, -0.1) is 0 Å². The van der Waals surface area contributed by atoms with E-state index in [9.17, 15) is 14.9 Å². The predicted molar refractivity (Wildman–Crippen MR) is 81.8 cm³/mol. The molecule has 0 aliphatic heterocycles. The molecule has 108 valence electrons. The van der Waals surface area contributed by atoms with Gasteiger partial charge in [-0.2, -0.15) is 0 Å². The lowest BCUT2D eigenvalue weighted by Crippen LogP contribution is -2.15. The van der Waals surface area contributed by atoms with Gasteiger partial charge in [0.2, 0.25) is 5.91 Å². The molecular weight excluding hydrogens is 340 g/mol. The number of carbonyl (C=O) groups is 1. The van der Waals surface area contributed by atoms with Crippen LogP contribution < -0.4 is 11.1 Å². The van der Waals surface area contributed by atoms with Crippen LogP contribution in [0.5, 0.6) is 0 Å².